The summed E-state index contributed by atoms with van der Waals surface area (Å²) in [5.74, 6) is -0.888. The molecule has 0 radical (unpaired) electrons. The molecular weight excluding hydrogens is 394 g/mol. The first kappa shape index (κ1) is 22.7. The summed E-state index contributed by atoms with van der Waals surface area (Å²) in [6.07, 6.45) is 0.652. The summed E-state index contributed by atoms with van der Waals surface area (Å²) in [5, 5.41) is 12.3. The Balaban J connectivity index is 2.10. The molecule has 2 N–H and O–H groups in total. The van der Waals surface area contributed by atoms with Crippen LogP contribution in [0.3, 0.4) is 0 Å². The summed E-state index contributed by atoms with van der Waals surface area (Å²) in [5.41, 5.74) is 0.985. The second-order valence-electron chi connectivity index (χ2n) is 7.33. The number of ether oxygens (including phenoxy) is 2. The van der Waals surface area contributed by atoms with Crippen molar-refractivity contribution in [3.63, 3.8) is 0 Å². The van der Waals surface area contributed by atoms with Crippen LogP contribution in [-0.4, -0.2) is 36.3 Å². The van der Waals surface area contributed by atoms with E-state index in [1.165, 1.54) is 12.1 Å². The lowest BCUT2D eigenvalue weighted by Crippen LogP contribution is -2.28. The number of methoxy groups -OCH3 is 1. The summed E-state index contributed by atoms with van der Waals surface area (Å²) in [6.45, 7) is 6.13. The zero-order valence-electron chi connectivity index (χ0n) is 17.0. The van der Waals surface area contributed by atoms with E-state index in [-0.39, 0.29) is 23.1 Å². The highest BCUT2D eigenvalue weighted by molar-refractivity contribution is 6.31. The molecule has 0 aromatic heterocycles. The zero-order chi connectivity index (χ0) is 21.6. The third-order valence-electron chi connectivity index (χ3n) is 4.71. The highest BCUT2D eigenvalue weighted by atomic mass is 35.5. The third kappa shape index (κ3) is 6.48. The van der Waals surface area contributed by atoms with Crippen molar-refractivity contribution in [1.82, 2.24) is 5.32 Å². The van der Waals surface area contributed by atoms with Gasteiger partial charge in [-0.3, -0.25) is 4.79 Å². The Bertz CT molecular complexity index is 864. The number of aromatic carboxylic acids is 1. The van der Waals surface area contributed by atoms with Crippen molar-refractivity contribution in [2.45, 2.75) is 38.8 Å². The standard InChI is InChI=1S/C22H26ClNO5/c1-14(15-5-7-16(8-6-15)21(26)27)24-20(25)18-13-17(23)9-10-19(18)29-12-11-22(2,3)28-4/h5-10,13-14H,11-12H2,1-4H3,(H,24,25)(H,26,27)/t14-/m0/s1. The van der Waals surface area contributed by atoms with Crippen LogP contribution in [0.15, 0.2) is 42.5 Å². The molecule has 156 valence electrons. The van der Waals surface area contributed by atoms with Crippen molar-refractivity contribution in [2.75, 3.05) is 13.7 Å². The molecule has 0 heterocycles. The predicted molar refractivity (Wildman–Crippen MR) is 112 cm³/mol. The van der Waals surface area contributed by atoms with Gasteiger partial charge in [0.25, 0.3) is 5.91 Å². The number of carboxylic acids is 1. The SMILES string of the molecule is COC(C)(C)CCOc1ccc(Cl)cc1C(=O)N[C@@H](C)c1ccc(C(=O)O)cc1. The number of nitrogens with one attached hydrogen (secondary N) is 1. The molecule has 0 aliphatic heterocycles. The quantitative estimate of drug-likeness (QED) is 0.614. The first-order valence-electron chi connectivity index (χ1n) is 9.24. The van der Waals surface area contributed by atoms with Gasteiger partial charge in [0.05, 0.1) is 29.4 Å². The molecule has 0 unspecified atom stereocenters. The molecule has 0 aliphatic rings. The number of carbonyl (C=O) groups excluding carboxylic acids is 1. The summed E-state index contributed by atoms with van der Waals surface area (Å²) in [6, 6.07) is 10.9. The van der Waals surface area contributed by atoms with Crippen LogP contribution < -0.4 is 10.1 Å². The van der Waals surface area contributed by atoms with Crippen molar-refractivity contribution in [3.05, 3.63) is 64.2 Å². The molecular formula is C22H26ClNO5. The third-order valence-corrected chi connectivity index (χ3v) is 4.94. The summed E-state index contributed by atoms with van der Waals surface area (Å²) >= 11 is 6.08. The van der Waals surface area contributed by atoms with Gasteiger partial charge in [0.1, 0.15) is 5.75 Å². The summed E-state index contributed by atoms with van der Waals surface area (Å²) in [7, 11) is 1.64. The van der Waals surface area contributed by atoms with Crippen LogP contribution >= 0.6 is 11.6 Å². The fraction of sp³-hybridized carbons (Fsp3) is 0.364. The number of amides is 1. The Morgan fingerprint density at radius 3 is 2.41 bits per heavy atom. The molecule has 2 aromatic rings. The molecule has 6 nitrogen and oxygen atoms in total. The molecule has 1 atom stereocenters. The Morgan fingerprint density at radius 1 is 1.17 bits per heavy atom. The number of carbonyl (C=O) groups is 2. The second kappa shape index (κ2) is 9.76. The summed E-state index contributed by atoms with van der Waals surface area (Å²) < 4.78 is 11.2. The van der Waals surface area contributed by atoms with E-state index in [4.69, 9.17) is 26.2 Å². The summed E-state index contributed by atoms with van der Waals surface area (Å²) in [4.78, 5) is 23.8. The fourth-order valence-electron chi connectivity index (χ4n) is 2.59. The molecule has 29 heavy (non-hydrogen) atoms. The number of hydrogen-bond acceptors (Lipinski definition) is 4. The molecule has 0 fully saturated rings. The molecule has 0 aliphatic carbocycles. The molecule has 0 saturated carbocycles. The molecule has 2 aromatic carbocycles. The van der Waals surface area contributed by atoms with Crippen LogP contribution in [-0.2, 0) is 4.74 Å². The van der Waals surface area contributed by atoms with Gasteiger partial charge in [-0.15, -0.1) is 0 Å². The lowest BCUT2D eigenvalue weighted by molar-refractivity contribution is 0.00540. The predicted octanol–water partition coefficient (Wildman–Crippen LogP) is 4.72. The fourth-order valence-corrected chi connectivity index (χ4v) is 2.76. The smallest absolute Gasteiger partial charge is 0.335 e. The van der Waals surface area contributed by atoms with Crippen molar-refractivity contribution in [2.24, 2.45) is 0 Å². The van der Waals surface area contributed by atoms with Gasteiger partial charge in [0.2, 0.25) is 0 Å². The maximum Gasteiger partial charge on any atom is 0.335 e. The average molecular weight is 420 g/mol. The van der Waals surface area contributed by atoms with E-state index in [1.807, 2.05) is 20.8 Å². The number of hydrogen-bond donors (Lipinski definition) is 2. The van der Waals surface area contributed by atoms with Crippen molar-refractivity contribution in [1.29, 1.82) is 0 Å². The monoisotopic (exact) mass is 419 g/mol. The Morgan fingerprint density at radius 2 is 1.83 bits per heavy atom. The van der Waals surface area contributed by atoms with Crippen LogP contribution in [0.2, 0.25) is 5.02 Å². The van der Waals surface area contributed by atoms with Gasteiger partial charge in [-0.25, -0.2) is 4.79 Å². The van der Waals surface area contributed by atoms with Crippen LogP contribution in [0.4, 0.5) is 0 Å². The number of carboxylic acid groups (broad SMARTS) is 1. The van der Waals surface area contributed by atoms with E-state index in [9.17, 15) is 9.59 Å². The minimum absolute atomic E-state index is 0.191. The van der Waals surface area contributed by atoms with Crippen LogP contribution in [0.5, 0.6) is 5.75 Å². The largest absolute Gasteiger partial charge is 0.493 e. The minimum atomic E-state index is -0.995. The van der Waals surface area contributed by atoms with Gasteiger partial charge < -0.3 is 19.9 Å². The minimum Gasteiger partial charge on any atom is -0.493 e. The molecule has 0 saturated heterocycles. The molecule has 2 rings (SSSR count). The molecule has 1 amide bonds. The zero-order valence-corrected chi connectivity index (χ0v) is 17.7. The van der Waals surface area contributed by atoms with Gasteiger partial charge in [0, 0.05) is 18.6 Å². The van der Waals surface area contributed by atoms with Gasteiger partial charge in [-0.1, -0.05) is 23.7 Å². The van der Waals surface area contributed by atoms with E-state index in [0.29, 0.717) is 29.4 Å². The number of benzene rings is 2. The van der Waals surface area contributed by atoms with Crippen molar-refractivity contribution >= 4 is 23.5 Å². The highest BCUT2D eigenvalue weighted by Crippen LogP contribution is 2.25. The van der Waals surface area contributed by atoms with E-state index in [2.05, 4.69) is 5.32 Å². The topological polar surface area (TPSA) is 84.9 Å². The van der Waals surface area contributed by atoms with E-state index >= 15 is 0 Å². The lowest BCUT2D eigenvalue weighted by atomic mass is 10.1. The van der Waals surface area contributed by atoms with Gasteiger partial charge in [0.15, 0.2) is 0 Å². The maximum atomic E-state index is 12.8. The first-order chi connectivity index (χ1) is 13.6. The highest BCUT2D eigenvalue weighted by Gasteiger charge is 2.19. The van der Waals surface area contributed by atoms with E-state index in [0.717, 1.165) is 5.56 Å². The Hall–Kier alpha value is -2.57. The van der Waals surface area contributed by atoms with Crippen LogP contribution in [0.1, 0.15) is 59.5 Å². The maximum absolute atomic E-state index is 12.8. The lowest BCUT2D eigenvalue weighted by Gasteiger charge is -2.23. The van der Waals surface area contributed by atoms with Crippen LogP contribution in [0.25, 0.3) is 0 Å². The van der Waals surface area contributed by atoms with Crippen molar-refractivity contribution < 1.29 is 24.2 Å². The normalized spacial score (nSPS) is 12.3. The first-order valence-corrected chi connectivity index (χ1v) is 9.62. The molecule has 7 heteroatoms. The molecule has 0 bridgehead atoms. The molecule has 0 spiro atoms. The van der Waals surface area contributed by atoms with E-state index in [1.54, 1.807) is 37.4 Å². The second-order valence-corrected chi connectivity index (χ2v) is 7.76. The van der Waals surface area contributed by atoms with E-state index < -0.39 is 5.97 Å². The average Bonchev–Trinajstić information content (AvgIpc) is 2.68. The van der Waals surface area contributed by atoms with Gasteiger partial charge >= 0.3 is 5.97 Å². The van der Waals surface area contributed by atoms with Crippen LogP contribution in [0, 0.1) is 0 Å². The Kier molecular flexibility index (Phi) is 7.65. The number of halogens is 1. The van der Waals surface area contributed by atoms with Crippen molar-refractivity contribution in [3.8, 4) is 5.75 Å². The number of rotatable bonds is 9. The van der Waals surface area contributed by atoms with Gasteiger partial charge in [-0.05, 0) is 56.7 Å². The Labute approximate surface area is 175 Å². The van der Waals surface area contributed by atoms with Gasteiger partial charge in [-0.2, -0.15) is 0 Å².